The first-order valence-corrected chi connectivity index (χ1v) is 4.77. The zero-order valence-corrected chi connectivity index (χ0v) is 8.23. The van der Waals surface area contributed by atoms with Crippen molar-refractivity contribution in [3.8, 4) is 0 Å². The molecule has 0 saturated heterocycles. The molecule has 0 spiro atoms. The predicted molar refractivity (Wildman–Crippen MR) is 55.1 cm³/mol. The zero-order chi connectivity index (χ0) is 10.4. The van der Waals surface area contributed by atoms with Gasteiger partial charge in [0.1, 0.15) is 6.04 Å². The van der Waals surface area contributed by atoms with Crippen LogP contribution in [0.1, 0.15) is 24.9 Å². The maximum atomic E-state index is 10.9. The lowest BCUT2D eigenvalue weighted by atomic mass is 10.1. The summed E-state index contributed by atoms with van der Waals surface area (Å²) in [6.45, 7) is 2.72. The van der Waals surface area contributed by atoms with E-state index in [0.29, 0.717) is 6.54 Å². The minimum absolute atomic E-state index is 0.587. The van der Waals surface area contributed by atoms with Gasteiger partial charge in [0.25, 0.3) is 0 Å². The molecule has 0 amide bonds. The van der Waals surface area contributed by atoms with E-state index in [1.54, 1.807) is 0 Å². The van der Waals surface area contributed by atoms with Gasteiger partial charge in [-0.2, -0.15) is 0 Å². The van der Waals surface area contributed by atoms with Crippen LogP contribution < -0.4 is 5.32 Å². The van der Waals surface area contributed by atoms with Gasteiger partial charge in [-0.3, -0.25) is 4.79 Å². The summed E-state index contributed by atoms with van der Waals surface area (Å²) >= 11 is 0. The molecule has 1 aromatic carbocycles. The van der Waals surface area contributed by atoms with Crippen molar-refractivity contribution in [3.63, 3.8) is 0 Å². The second kappa shape index (κ2) is 5.40. The Hall–Kier alpha value is -1.35. The Morgan fingerprint density at radius 1 is 1.43 bits per heavy atom. The van der Waals surface area contributed by atoms with E-state index < -0.39 is 12.0 Å². The molecule has 76 valence electrons. The molecule has 3 heteroatoms. The van der Waals surface area contributed by atoms with Gasteiger partial charge in [-0.1, -0.05) is 37.3 Å². The molecular weight excluding hydrogens is 178 g/mol. The number of nitrogens with one attached hydrogen (secondary N) is 1. The molecule has 0 bridgehead atoms. The van der Waals surface area contributed by atoms with E-state index in [9.17, 15) is 4.79 Å². The van der Waals surface area contributed by atoms with Crippen LogP contribution in [0.2, 0.25) is 0 Å². The second-order valence-electron chi connectivity index (χ2n) is 3.14. The highest BCUT2D eigenvalue weighted by molar-refractivity contribution is 5.75. The van der Waals surface area contributed by atoms with E-state index in [0.717, 1.165) is 12.0 Å². The minimum atomic E-state index is -0.829. The fraction of sp³-hybridized carbons (Fsp3) is 0.364. The molecule has 3 nitrogen and oxygen atoms in total. The highest BCUT2D eigenvalue weighted by Gasteiger charge is 2.17. The smallest absolute Gasteiger partial charge is 0.325 e. The Morgan fingerprint density at radius 3 is 2.57 bits per heavy atom. The molecule has 0 aliphatic rings. The largest absolute Gasteiger partial charge is 0.480 e. The molecule has 0 unspecified atom stereocenters. The summed E-state index contributed by atoms with van der Waals surface area (Å²) in [7, 11) is 0. The standard InChI is InChI=1S/C11H15NO2/c1-2-8-12-10(11(13)14)9-6-4-3-5-7-9/h3-7,10,12H,2,8H2,1H3,(H,13,14)/t10-/m1/s1. The third-order valence-corrected chi connectivity index (χ3v) is 1.98. The third kappa shape index (κ3) is 2.85. The first kappa shape index (κ1) is 10.7. The van der Waals surface area contributed by atoms with E-state index in [-0.39, 0.29) is 0 Å². The van der Waals surface area contributed by atoms with Crippen LogP contribution in [0.15, 0.2) is 30.3 Å². The number of hydrogen-bond acceptors (Lipinski definition) is 2. The highest BCUT2D eigenvalue weighted by Crippen LogP contribution is 2.12. The molecule has 2 N–H and O–H groups in total. The Balaban J connectivity index is 2.73. The van der Waals surface area contributed by atoms with E-state index in [2.05, 4.69) is 5.32 Å². The minimum Gasteiger partial charge on any atom is -0.480 e. The highest BCUT2D eigenvalue weighted by atomic mass is 16.4. The van der Waals surface area contributed by atoms with Crippen LogP contribution in [-0.4, -0.2) is 17.6 Å². The van der Waals surface area contributed by atoms with E-state index >= 15 is 0 Å². The van der Waals surface area contributed by atoms with Gasteiger partial charge in [0.05, 0.1) is 0 Å². The van der Waals surface area contributed by atoms with Crippen LogP contribution in [-0.2, 0) is 4.79 Å². The number of hydrogen-bond donors (Lipinski definition) is 2. The number of aliphatic carboxylic acids is 1. The van der Waals surface area contributed by atoms with E-state index in [1.807, 2.05) is 37.3 Å². The SMILES string of the molecule is CCCN[C@@H](C(=O)O)c1ccccc1. The van der Waals surface area contributed by atoms with Gasteiger partial charge in [0.2, 0.25) is 0 Å². The Morgan fingerprint density at radius 2 is 2.07 bits per heavy atom. The van der Waals surface area contributed by atoms with E-state index in [4.69, 9.17) is 5.11 Å². The topological polar surface area (TPSA) is 49.3 Å². The lowest BCUT2D eigenvalue weighted by Crippen LogP contribution is -2.28. The van der Waals surface area contributed by atoms with Gasteiger partial charge >= 0.3 is 5.97 Å². The van der Waals surface area contributed by atoms with Crippen molar-refractivity contribution in [2.45, 2.75) is 19.4 Å². The van der Waals surface area contributed by atoms with Crippen molar-refractivity contribution in [1.82, 2.24) is 5.32 Å². The molecule has 0 aliphatic carbocycles. The maximum Gasteiger partial charge on any atom is 0.325 e. The molecule has 0 aromatic heterocycles. The number of carbonyl (C=O) groups is 1. The molecule has 0 heterocycles. The fourth-order valence-electron chi connectivity index (χ4n) is 1.28. The van der Waals surface area contributed by atoms with Crippen LogP contribution in [0.25, 0.3) is 0 Å². The van der Waals surface area contributed by atoms with Crippen LogP contribution >= 0.6 is 0 Å². The monoisotopic (exact) mass is 193 g/mol. The summed E-state index contributed by atoms with van der Waals surface area (Å²) in [6.07, 6.45) is 0.927. The van der Waals surface area contributed by atoms with Gasteiger partial charge < -0.3 is 10.4 Å². The van der Waals surface area contributed by atoms with Crippen LogP contribution in [0.4, 0.5) is 0 Å². The lowest BCUT2D eigenvalue weighted by Gasteiger charge is -2.13. The summed E-state index contributed by atoms with van der Waals surface area (Å²) in [5.41, 5.74) is 0.799. The van der Waals surface area contributed by atoms with Gasteiger partial charge in [0, 0.05) is 0 Å². The van der Waals surface area contributed by atoms with Crippen molar-refractivity contribution < 1.29 is 9.90 Å². The number of benzene rings is 1. The number of carboxylic acid groups (broad SMARTS) is 1. The molecule has 1 rings (SSSR count). The molecule has 0 aliphatic heterocycles. The zero-order valence-electron chi connectivity index (χ0n) is 8.23. The maximum absolute atomic E-state index is 10.9. The van der Waals surface area contributed by atoms with E-state index in [1.165, 1.54) is 0 Å². The first-order chi connectivity index (χ1) is 6.75. The van der Waals surface area contributed by atoms with Gasteiger partial charge in [-0.25, -0.2) is 0 Å². The Bertz CT molecular complexity index is 285. The Labute approximate surface area is 83.8 Å². The summed E-state index contributed by atoms with van der Waals surface area (Å²) in [6, 6.07) is 8.62. The molecule has 0 radical (unpaired) electrons. The molecule has 1 aromatic rings. The quantitative estimate of drug-likeness (QED) is 0.749. The average molecular weight is 193 g/mol. The molecule has 14 heavy (non-hydrogen) atoms. The lowest BCUT2D eigenvalue weighted by molar-refractivity contribution is -0.139. The van der Waals surface area contributed by atoms with Crippen LogP contribution in [0.5, 0.6) is 0 Å². The van der Waals surface area contributed by atoms with Gasteiger partial charge in [-0.15, -0.1) is 0 Å². The predicted octanol–water partition coefficient (Wildman–Crippen LogP) is 1.81. The molecule has 0 saturated carbocycles. The fourth-order valence-corrected chi connectivity index (χ4v) is 1.28. The van der Waals surface area contributed by atoms with Crippen LogP contribution in [0.3, 0.4) is 0 Å². The van der Waals surface area contributed by atoms with Crippen LogP contribution in [0, 0.1) is 0 Å². The van der Waals surface area contributed by atoms with Crippen molar-refractivity contribution in [1.29, 1.82) is 0 Å². The summed E-state index contributed by atoms with van der Waals surface area (Å²) < 4.78 is 0. The second-order valence-corrected chi connectivity index (χ2v) is 3.14. The van der Waals surface area contributed by atoms with Gasteiger partial charge in [-0.05, 0) is 18.5 Å². The summed E-state index contributed by atoms with van der Waals surface area (Å²) in [5.74, 6) is -0.829. The van der Waals surface area contributed by atoms with Gasteiger partial charge in [0.15, 0.2) is 0 Å². The van der Waals surface area contributed by atoms with Crippen molar-refractivity contribution in [2.24, 2.45) is 0 Å². The molecule has 0 fully saturated rings. The Kier molecular flexibility index (Phi) is 4.13. The first-order valence-electron chi connectivity index (χ1n) is 4.77. The average Bonchev–Trinajstić information content (AvgIpc) is 2.19. The normalized spacial score (nSPS) is 12.4. The van der Waals surface area contributed by atoms with Crippen molar-refractivity contribution in [3.05, 3.63) is 35.9 Å². The van der Waals surface area contributed by atoms with Crippen molar-refractivity contribution in [2.75, 3.05) is 6.54 Å². The number of carboxylic acids is 1. The summed E-state index contributed by atoms with van der Waals surface area (Å²) in [4.78, 5) is 10.9. The van der Waals surface area contributed by atoms with Crippen molar-refractivity contribution >= 4 is 5.97 Å². The summed E-state index contributed by atoms with van der Waals surface area (Å²) in [5, 5.41) is 12.0. The molecular formula is C11H15NO2. The number of rotatable bonds is 5. The third-order valence-electron chi connectivity index (χ3n) is 1.98. The molecule has 1 atom stereocenters.